The number of phosphoric acid groups is 1. The summed E-state index contributed by atoms with van der Waals surface area (Å²) in [5, 5.41) is 13.9. The standard InChI is InChI=1S/C72H139N2O6P/c1-6-8-10-12-14-16-18-20-22-24-26-28-30-31-32-33-34-35-36-37-38-39-40-41-42-43-44-46-48-50-52-54-56-58-60-62-64-66-72(76)73-70(69-80-81(77,78)79-68-67-74(3,4)5)71(75)65-63-61-59-57-55-53-51-49-47-45-29-27-25-23-21-19-17-15-13-11-9-7-2/h35-36,47,49,55,57,63,65,70-71,75H,6-34,37-46,48,50-54,56,58-62,64,66-69H2,1-5H3,(H-,73,76,77,78)/b36-35-,49-47+,57-55+,65-63+. The molecule has 0 heterocycles. The second-order valence-corrected chi connectivity index (χ2v) is 27.0. The van der Waals surface area contributed by atoms with E-state index in [2.05, 4.69) is 55.6 Å². The molecule has 0 aliphatic carbocycles. The third-order valence-corrected chi connectivity index (χ3v) is 17.2. The largest absolute Gasteiger partial charge is 0.756 e. The maximum absolute atomic E-state index is 13.0. The van der Waals surface area contributed by atoms with Crippen LogP contribution in [0.15, 0.2) is 48.6 Å². The maximum Gasteiger partial charge on any atom is 0.268 e. The third kappa shape index (κ3) is 65.9. The number of hydrogen-bond acceptors (Lipinski definition) is 6. The highest BCUT2D eigenvalue weighted by Crippen LogP contribution is 2.38. The monoisotopic (exact) mass is 1160 g/mol. The van der Waals surface area contributed by atoms with Gasteiger partial charge in [0.25, 0.3) is 7.82 Å². The van der Waals surface area contributed by atoms with Gasteiger partial charge < -0.3 is 28.8 Å². The van der Waals surface area contributed by atoms with Crippen molar-refractivity contribution in [1.29, 1.82) is 0 Å². The number of carbonyl (C=O) groups is 1. The number of quaternary nitrogens is 1. The van der Waals surface area contributed by atoms with E-state index in [9.17, 15) is 19.4 Å². The average molecular weight is 1160 g/mol. The van der Waals surface area contributed by atoms with E-state index in [0.29, 0.717) is 17.4 Å². The highest BCUT2D eigenvalue weighted by molar-refractivity contribution is 7.45. The molecular weight excluding hydrogens is 1020 g/mol. The number of aliphatic hydroxyl groups excluding tert-OH is 1. The van der Waals surface area contributed by atoms with Crippen molar-refractivity contribution in [2.45, 2.75) is 366 Å². The zero-order valence-corrected chi connectivity index (χ0v) is 55.6. The van der Waals surface area contributed by atoms with E-state index in [1.165, 1.54) is 289 Å². The van der Waals surface area contributed by atoms with Gasteiger partial charge in [-0.25, -0.2) is 0 Å². The van der Waals surface area contributed by atoms with Gasteiger partial charge in [0.05, 0.1) is 39.9 Å². The van der Waals surface area contributed by atoms with Gasteiger partial charge in [0.15, 0.2) is 0 Å². The Morgan fingerprint density at radius 1 is 0.420 bits per heavy atom. The fourth-order valence-corrected chi connectivity index (χ4v) is 11.4. The SMILES string of the molecule is CCCCCCCCCCCCCC/C=C/CC/C=C/CC/C=C/C(O)C(COP(=O)([O-])OCC[N+](C)(C)C)NC(=O)CCCCCCCCCCCCCCCCCCC/C=C\CCCCCCCCCCCCCCCCCC. The first-order valence-electron chi connectivity index (χ1n) is 35.5. The van der Waals surface area contributed by atoms with Gasteiger partial charge in [-0.2, -0.15) is 0 Å². The van der Waals surface area contributed by atoms with Crippen molar-refractivity contribution in [2.75, 3.05) is 40.9 Å². The second kappa shape index (κ2) is 63.0. The molecule has 1 amide bonds. The number of carbonyl (C=O) groups excluding carboxylic acids is 1. The zero-order valence-electron chi connectivity index (χ0n) is 54.8. The summed E-state index contributed by atoms with van der Waals surface area (Å²) in [7, 11) is 1.25. The van der Waals surface area contributed by atoms with Gasteiger partial charge in [-0.05, 0) is 70.6 Å². The lowest BCUT2D eigenvalue weighted by atomic mass is 10.0. The van der Waals surface area contributed by atoms with E-state index in [1.807, 2.05) is 27.2 Å². The number of phosphoric ester groups is 1. The van der Waals surface area contributed by atoms with Crippen LogP contribution in [0, 0.1) is 0 Å². The summed E-state index contributed by atoms with van der Waals surface area (Å²) < 4.78 is 23.4. The van der Waals surface area contributed by atoms with Crippen LogP contribution in [0.2, 0.25) is 0 Å². The number of nitrogens with zero attached hydrogens (tertiary/aromatic N) is 1. The summed E-state index contributed by atoms with van der Waals surface area (Å²) in [4.78, 5) is 25.6. The lowest BCUT2D eigenvalue weighted by Crippen LogP contribution is -2.45. The molecule has 0 radical (unpaired) electrons. The molecular formula is C72H139N2O6P. The molecule has 0 spiro atoms. The van der Waals surface area contributed by atoms with E-state index in [0.717, 1.165) is 44.9 Å². The van der Waals surface area contributed by atoms with E-state index in [-0.39, 0.29) is 12.5 Å². The van der Waals surface area contributed by atoms with Gasteiger partial charge in [-0.1, -0.05) is 326 Å². The van der Waals surface area contributed by atoms with E-state index >= 15 is 0 Å². The molecule has 0 bridgehead atoms. The molecule has 81 heavy (non-hydrogen) atoms. The highest BCUT2D eigenvalue weighted by Gasteiger charge is 2.23. The van der Waals surface area contributed by atoms with Crippen LogP contribution in [0.25, 0.3) is 0 Å². The Bertz CT molecular complexity index is 1460. The summed E-state index contributed by atoms with van der Waals surface area (Å²) >= 11 is 0. The van der Waals surface area contributed by atoms with Gasteiger partial charge in [0.1, 0.15) is 13.2 Å². The maximum atomic E-state index is 13.0. The summed E-state index contributed by atoms with van der Waals surface area (Å²) in [6, 6.07) is -0.911. The third-order valence-electron chi connectivity index (χ3n) is 16.2. The van der Waals surface area contributed by atoms with Crippen LogP contribution in [0.5, 0.6) is 0 Å². The first-order chi connectivity index (χ1) is 39.5. The van der Waals surface area contributed by atoms with Crippen molar-refractivity contribution in [2.24, 2.45) is 0 Å². The van der Waals surface area contributed by atoms with Crippen LogP contribution in [-0.4, -0.2) is 68.5 Å². The number of amides is 1. The Hall–Kier alpha value is -1.54. The van der Waals surface area contributed by atoms with E-state index < -0.39 is 26.6 Å². The van der Waals surface area contributed by atoms with Crippen LogP contribution in [0.3, 0.4) is 0 Å². The molecule has 8 nitrogen and oxygen atoms in total. The van der Waals surface area contributed by atoms with Crippen molar-refractivity contribution < 1.29 is 32.9 Å². The lowest BCUT2D eigenvalue weighted by Gasteiger charge is -2.29. The number of unbranched alkanes of at least 4 members (excludes halogenated alkanes) is 47. The molecule has 0 saturated carbocycles. The smallest absolute Gasteiger partial charge is 0.268 e. The Morgan fingerprint density at radius 2 is 0.691 bits per heavy atom. The summed E-state index contributed by atoms with van der Waals surface area (Å²) in [5.41, 5.74) is 0. The molecule has 478 valence electrons. The van der Waals surface area contributed by atoms with E-state index in [1.54, 1.807) is 6.08 Å². The zero-order chi connectivity index (χ0) is 59.1. The quantitative estimate of drug-likeness (QED) is 0.0272. The molecule has 0 aromatic rings. The molecule has 9 heteroatoms. The minimum absolute atomic E-state index is 0.00836. The molecule has 0 aromatic heterocycles. The first-order valence-corrected chi connectivity index (χ1v) is 37.0. The number of aliphatic hydroxyl groups is 1. The van der Waals surface area contributed by atoms with Gasteiger partial charge in [0, 0.05) is 6.42 Å². The number of nitrogens with one attached hydrogen (secondary N) is 1. The molecule has 0 rings (SSSR count). The molecule has 0 aliphatic rings. The summed E-state index contributed by atoms with van der Waals surface area (Å²) in [6.07, 6.45) is 85.4. The van der Waals surface area contributed by atoms with Gasteiger partial charge >= 0.3 is 0 Å². The van der Waals surface area contributed by atoms with Crippen molar-refractivity contribution in [1.82, 2.24) is 5.32 Å². The van der Waals surface area contributed by atoms with Crippen LogP contribution >= 0.6 is 7.82 Å². The van der Waals surface area contributed by atoms with Crippen LogP contribution in [0.1, 0.15) is 354 Å². The number of hydrogen-bond donors (Lipinski definition) is 2. The minimum atomic E-state index is -4.61. The van der Waals surface area contributed by atoms with Gasteiger partial charge in [-0.3, -0.25) is 9.36 Å². The Morgan fingerprint density at radius 3 is 1.00 bits per heavy atom. The molecule has 0 saturated heterocycles. The number of likely N-dealkylation sites (N-methyl/N-ethyl adjacent to an activating group) is 1. The number of allylic oxidation sites excluding steroid dienone is 7. The topological polar surface area (TPSA) is 108 Å². The van der Waals surface area contributed by atoms with Gasteiger partial charge in [-0.15, -0.1) is 0 Å². The predicted molar refractivity (Wildman–Crippen MR) is 353 cm³/mol. The van der Waals surface area contributed by atoms with Crippen LogP contribution < -0.4 is 10.2 Å². The van der Waals surface area contributed by atoms with Crippen molar-refractivity contribution in [3.63, 3.8) is 0 Å². The number of rotatable bonds is 66. The molecule has 0 aliphatic heterocycles. The van der Waals surface area contributed by atoms with Gasteiger partial charge in [0.2, 0.25) is 5.91 Å². The van der Waals surface area contributed by atoms with Crippen LogP contribution in [0.4, 0.5) is 0 Å². The molecule has 0 aromatic carbocycles. The normalized spacial score (nSPS) is 13.9. The Balaban J connectivity index is 4.02. The molecule has 3 atom stereocenters. The van der Waals surface area contributed by atoms with E-state index in [4.69, 9.17) is 9.05 Å². The van der Waals surface area contributed by atoms with Crippen molar-refractivity contribution in [3.05, 3.63) is 48.6 Å². The minimum Gasteiger partial charge on any atom is -0.756 e. The molecule has 2 N–H and O–H groups in total. The lowest BCUT2D eigenvalue weighted by molar-refractivity contribution is -0.870. The summed E-state index contributed by atoms with van der Waals surface area (Å²) in [5.74, 6) is -0.206. The van der Waals surface area contributed by atoms with Crippen molar-refractivity contribution in [3.8, 4) is 0 Å². The second-order valence-electron chi connectivity index (χ2n) is 25.6. The fraction of sp³-hybridized carbons (Fsp3) is 0.875. The first kappa shape index (κ1) is 79.5. The molecule has 0 fully saturated rings. The average Bonchev–Trinajstić information content (AvgIpc) is 3.43. The fourth-order valence-electron chi connectivity index (χ4n) is 10.7. The van der Waals surface area contributed by atoms with Crippen molar-refractivity contribution >= 4 is 13.7 Å². The summed E-state index contributed by atoms with van der Waals surface area (Å²) in [6.45, 7) is 4.67. The Kier molecular flexibility index (Phi) is 61.8. The van der Waals surface area contributed by atoms with Crippen LogP contribution in [-0.2, 0) is 18.4 Å². The Labute approximate surface area is 505 Å². The predicted octanol–water partition coefficient (Wildman–Crippen LogP) is 22.0. The molecule has 3 unspecified atom stereocenters. The highest BCUT2D eigenvalue weighted by atomic mass is 31.2.